The Morgan fingerprint density at radius 3 is 2.50 bits per heavy atom. The van der Waals surface area contributed by atoms with Gasteiger partial charge in [-0.25, -0.2) is 4.39 Å². The summed E-state index contributed by atoms with van der Waals surface area (Å²) in [6, 6.07) is 12.1. The van der Waals surface area contributed by atoms with E-state index in [4.69, 9.17) is 23.2 Å². The van der Waals surface area contributed by atoms with Crippen LogP contribution in [0.1, 0.15) is 30.4 Å². The fourth-order valence-electron chi connectivity index (χ4n) is 3.54. The molecule has 0 atom stereocenters. The molecule has 3 nitrogen and oxygen atoms in total. The number of halogens is 3. The van der Waals surface area contributed by atoms with Gasteiger partial charge in [-0.1, -0.05) is 41.4 Å². The van der Waals surface area contributed by atoms with E-state index < -0.39 is 0 Å². The Kier molecular flexibility index (Phi) is 7.72. The summed E-state index contributed by atoms with van der Waals surface area (Å²) >= 11 is 12.2. The van der Waals surface area contributed by atoms with E-state index in [1.807, 2.05) is 12.1 Å². The van der Waals surface area contributed by atoms with Crippen LogP contribution in [0.15, 0.2) is 42.5 Å². The molecule has 1 amide bonds. The van der Waals surface area contributed by atoms with Crippen molar-refractivity contribution in [2.75, 3.05) is 19.6 Å². The van der Waals surface area contributed by atoms with Crippen molar-refractivity contribution in [3.8, 4) is 0 Å². The van der Waals surface area contributed by atoms with Gasteiger partial charge in [-0.2, -0.15) is 0 Å². The molecule has 0 spiro atoms. The first kappa shape index (κ1) is 21.1. The van der Waals surface area contributed by atoms with Gasteiger partial charge < -0.3 is 5.32 Å². The van der Waals surface area contributed by atoms with Gasteiger partial charge in [0.1, 0.15) is 5.82 Å². The highest BCUT2D eigenvalue weighted by atomic mass is 35.5. The molecule has 0 aromatic heterocycles. The highest BCUT2D eigenvalue weighted by Crippen LogP contribution is 2.25. The summed E-state index contributed by atoms with van der Waals surface area (Å²) in [4.78, 5) is 14.7. The third-order valence-electron chi connectivity index (χ3n) is 5.22. The van der Waals surface area contributed by atoms with Crippen molar-refractivity contribution >= 4 is 29.1 Å². The molecular weight excluding hydrogens is 398 g/mol. The van der Waals surface area contributed by atoms with Crippen molar-refractivity contribution < 1.29 is 9.18 Å². The standard InChI is InChI=1S/C22H25Cl2FN2O/c23-19-6-5-18(21(24)14-19)15-27-12-9-17(10-13-27)22(28)26-11-1-2-16-3-7-20(25)8-4-16/h3-8,14,17H,1-2,9-13,15H2,(H,26,28). The van der Waals surface area contributed by atoms with E-state index in [-0.39, 0.29) is 17.6 Å². The zero-order valence-electron chi connectivity index (χ0n) is 15.8. The number of hydrogen-bond acceptors (Lipinski definition) is 2. The number of piperidine rings is 1. The predicted molar refractivity (Wildman–Crippen MR) is 112 cm³/mol. The van der Waals surface area contributed by atoms with E-state index in [0.29, 0.717) is 16.6 Å². The largest absolute Gasteiger partial charge is 0.356 e. The average molecular weight is 423 g/mol. The SMILES string of the molecule is O=C(NCCCc1ccc(F)cc1)C1CCN(Cc2ccc(Cl)cc2Cl)CC1. The van der Waals surface area contributed by atoms with Crippen molar-refractivity contribution in [3.63, 3.8) is 0 Å². The first-order valence-electron chi connectivity index (χ1n) is 9.69. The third kappa shape index (κ3) is 6.20. The fourth-order valence-corrected chi connectivity index (χ4v) is 4.01. The number of carbonyl (C=O) groups is 1. The number of rotatable bonds is 7. The number of benzene rings is 2. The van der Waals surface area contributed by atoms with Crippen LogP contribution in [-0.2, 0) is 17.8 Å². The second kappa shape index (κ2) is 10.2. The van der Waals surface area contributed by atoms with Gasteiger partial charge in [0.25, 0.3) is 0 Å². The summed E-state index contributed by atoms with van der Waals surface area (Å²) in [6.07, 6.45) is 3.40. The van der Waals surface area contributed by atoms with Crippen LogP contribution in [0.3, 0.4) is 0 Å². The number of carbonyl (C=O) groups excluding carboxylic acids is 1. The fraction of sp³-hybridized carbons (Fsp3) is 0.409. The Hall–Kier alpha value is -1.62. The smallest absolute Gasteiger partial charge is 0.223 e. The van der Waals surface area contributed by atoms with E-state index in [1.165, 1.54) is 12.1 Å². The molecule has 0 unspecified atom stereocenters. The van der Waals surface area contributed by atoms with E-state index >= 15 is 0 Å². The van der Waals surface area contributed by atoms with Gasteiger partial charge >= 0.3 is 0 Å². The maximum absolute atomic E-state index is 12.9. The first-order chi connectivity index (χ1) is 13.5. The molecule has 3 rings (SSSR count). The van der Waals surface area contributed by atoms with Gasteiger partial charge in [0, 0.05) is 29.1 Å². The van der Waals surface area contributed by atoms with Crippen molar-refractivity contribution in [1.29, 1.82) is 0 Å². The molecule has 6 heteroatoms. The molecule has 1 heterocycles. The van der Waals surface area contributed by atoms with Crippen molar-refractivity contribution in [3.05, 3.63) is 69.5 Å². The maximum atomic E-state index is 12.9. The molecule has 1 aliphatic rings. The zero-order valence-corrected chi connectivity index (χ0v) is 17.3. The first-order valence-corrected chi connectivity index (χ1v) is 10.5. The molecule has 28 heavy (non-hydrogen) atoms. The normalized spacial score (nSPS) is 15.5. The Morgan fingerprint density at radius 2 is 1.82 bits per heavy atom. The number of nitrogens with zero attached hydrogens (tertiary/aromatic N) is 1. The molecule has 1 fully saturated rings. The second-order valence-corrected chi connectivity index (χ2v) is 8.15. The molecule has 0 bridgehead atoms. The summed E-state index contributed by atoms with van der Waals surface area (Å²) in [6.45, 7) is 3.19. The number of nitrogens with one attached hydrogen (secondary N) is 1. The Morgan fingerprint density at radius 1 is 1.11 bits per heavy atom. The summed E-state index contributed by atoms with van der Waals surface area (Å²) in [7, 11) is 0. The lowest BCUT2D eigenvalue weighted by Crippen LogP contribution is -2.40. The highest BCUT2D eigenvalue weighted by molar-refractivity contribution is 6.35. The van der Waals surface area contributed by atoms with Crippen molar-refractivity contribution in [2.24, 2.45) is 5.92 Å². The van der Waals surface area contributed by atoms with Crippen LogP contribution in [0.4, 0.5) is 4.39 Å². The summed E-state index contributed by atoms with van der Waals surface area (Å²) < 4.78 is 12.9. The molecule has 0 aliphatic carbocycles. The maximum Gasteiger partial charge on any atom is 0.223 e. The minimum atomic E-state index is -0.221. The van der Waals surface area contributed by atoms with Crippen LogP contribution in [0.2, 0.25) is 10.0 Å². The quantitative estimate of drug-likeness (QED) is 0.629. The monoisotopic (exact) mass is 422 g/mol. The Labute approximate surface area is 175 Å². The second-order valence-electron chi connectivity index (χ2n) is 7.31. The van der Waals surface area contributed by atoms with Crippen LogP contribution in [0.25, 0.3) is 0 Å². The number of hydrogen-bond donors (Lipinski definition) is 1. The van der Waals surface area contributed by atoms with Gasteiger partial charge in [0.15, 0.2) is 0 Å². The summed E-state index contributed by atoms with van der Waals surface area (Å²) in [5, 5.41) is 4.38. The van der Waals surface area contributed by atoms with Gasteiger partial charge in [0.2, 0.25) is 5.91 Å². The topological polar surface area (TPSA) is 32.3 Å². The minimum absolute atomic E-state index is 0.0720. The molecular formula is C22H25Cl2FN2O. The molecule has 2 aromatic carbocycles. The molecule has 150 valence electrons. The van der Waals surface area contributed by atoms with Gasteiger partial charge in [0.05, 0.1) is 0 Å². The average Bonchev–Trinajstić information content (AvgIpc) is 2.69. The number of likely N-dealkylation sites (tertiary alicyclic amines) is 1. The van der Waals surface area contributed by atoms with Gasteiger partial charge in [-0.05, 0) is 74.2 Å². The highest BCUT2D eigenvalue weighted by Gasteiger charge is 2.25. The predicted octanol–water partition coefficient (Wildman–Crippen LogP) is 5.09. The van der Waals surface area contributed by atoms with Crippen LogP contribution >= 0.6 is 23.2 Å². The molecule has 1 saturated heterocycles. The van der Waals surface area contributed by atoms with E-state index in [2.05, 4.69) is 10.2 Å². The van der Waals surface area contributed by atoms with E-state index in [0.717, 1.165) is 56.4 Å². The summed E-state index contributed by atoms with van der Waals surface area (Å²) in [5.41, 5.74) is 2.15. The molecule has 0 radical (unpaired) electrons. The van der Waals surface area contributed by atoms with Crippen molar-refractivity contribution in [2.45, 2.75) is 32.2 Å². The van der Waals surface area contributed by atoms with Crippen molar-refractivity contribution in [1.82, 2.24) is 10.2 Å². The Bertz CT molecular complexity index is 790. The van der Waals surface area contributed by atoms with E-state index in [9.17, 15) is 9.18 Å². The third-order valence-corrected chi connectivity index (χ3v) is 5.81. The lowest BCUT2D eigenvalue weighted by atomic mass is 9.95. The van der Waals surface area contributed by atoms with Crippen LogP contribution in [0, 0.1) is 11.7 Å². The zero-order chi connectivity index (χ0) is 19.9. The van der Waals surface area contributed by atoms with Crippen LogP contribution in [0.5, 0.6) is 0 Å². The van der Waals surface area contributed by atoms with Crippen LogP contribution in [-0.4, -0.2) is 30.4 Å². The number of amides is 1. The van der Waals surface area contributed by atoms with Gasteiger partial charge in [-0.15, -0.1) is 0 Å². The lowest BCUT2D eigenvalue weighted by Gasteiger charge is -2.31. The molecule has 0 saturated carbocycles. The van der Waals surface area contributed by atoms with Crippen LogP contribution < -0.4 is 5.32 Å². The molecule has 1 N–H and O–H groups in total. The van der Waals surface area contributed by atoms with Gasteiger partial charge in [-0.3, -0.25) is 9.69 Å². The summed E-state index contributed by atoms with van der Waals surface area (Å²) in [5.74, 6) is -0.00669. The number of aryl methyl sites for hydroxylation is 1. The lowest BCUT2D eigenvalue weighted by molar-refractivity contribution is -0.126. The molecule has 2 aromatic rings. The Balaban J connectivity index is 1.36. The van der Waals surface area contributed by atoms with E-state index in [1.54, 1.807) is 18.2 Å². The molecule has 1 aliphatic heterocycles. The minimum Gasteiger partial charge on any atom is -0.356 e.